The van der Waals surface area contributed by atoms with Crippen LogP contribution in [0.4, 0.5) is 0 Å². The van der Waals surface area contributed by atoms with Crippen molar-refractivity contribution in [3.8, 4) is 11.4 Å². The normalized spacial score (nSPS) is 20.1. The fraction of sp³-hybridized carbons (Fsp3) is 0.464. The molecule has 228 valence electrons. The molecular weight excluding hydrogens is 582 g/mol. The maximum Gasteiger partial charge on any atom is 0.246 e. The highest BCUT2D eigenvalue weighted by molar-refractivity contribution is 7.89. The highest BCUT2D eigenvalue weighted by Gasteiger charge is 2.45. The Morgan fingerprint density at radius 1 is 1.12 bits per heavy atom. The molecule has 0 bridgehead atoms. The van der Waals surface area contributed by atoms with Crippen LogP contribution in [-0.4, -0.2) is 93.7 Å². The lowest BCUT2D eigenvalue weighted by Crippen LogP contribution is -2.47. The van der Waals surface area contributed by atoms with Gasteiger partial charge < -0.3 is 19.9 Å². The van der Waals surface area contributed by atoms with Gasteiger partial charge in [0.25, 0.3) is 0 Å². The molecule has 42 heavy (non-hydrogen) atoms. The summed E-state index contributed by atoms with van der Waals surface area (Å²) in [6, 6.07) is 15.5. The van der Waals surface area contributed by atoms with Gasteiger partial charge in [0.05, 0.1) is 34.7 Å². The summed E-state index contributed by atoms with van der Waals surface area (Å²) in [6.45, 7) is 3.19. The Morgan fingerprint density at radius 3 is 2.57 bits per heavy atom. The SMILES string of the molecule is CNS(=O)(=O)c1cccc(OCC(O)CN[C@@H]2COC3(CCN(S(=O)(=O)c4cnn(-c5ccccc5)c4C)CC3)C2)c1. The van der Waals surface area contributed by atoms with Crippen molar-refractivity contribution in [2.75, 3.05) is 39.9 Å². The van der Waals surface area contributed by atoms with Crippen molar-refractivity contribution < 1.29 is 31.4 Å². The molecular formula is C28H37N5O7S2. The Hall–Kier alpha value is -2.85. The third-order valence-electron chi connectivity index (χ3n) is 7.90. The minimum absolute atomic E-state index is 0.0120. The van der Waals surface area contributed by atoms with Crippen molar-refractivity contribution in [1.82, 2.24) is 24.1 Å². The van der Waals surface area contributed by atoms with Gasteiger partial charge in [0.1, 0.15) is 23.4 Å². The van der Waals surface area contributed by atoms with Crippen molar-refractivity contribution >= 4 is 20.0 Å². The minimum atomic E-state index is -3.71. The Kier molecular flexibility index (Phi) is 9.04. The lowest BCUT2D eigenvalue weighted by molar-refractivity contribution is -0.0312. The summed E-state index contributed by atoms with van der Waals surface area (Å²) >= 11 is 0. The number of para-hydroxylation sites is 1. The van der Waals surface area contributed by atoms with E-state index in [1.807, 2.05) is 30.3 Å². The lowest BCUT2D eigenvalue weighted by Gasteiger charge is -2.38. The van der Waals surface area contributed by atoms with Gasteiger partial charge in [-0.25, -0.2) is 26.2 Å². The third kappa shape index (κ3) is 6.54. The molecule has 2 fully saturated rings. The number of rotatable bonds is 11. The number of benzene rings is 2. The quantitative estimate of drug-likeness (QED) is 0.289. The van der Waals surface area contributed by atoms with Crippen LogP contribution in [0.15, 0.2) is 70.6 Å². The molecule has 2 aliphatic heterocycles. The van der Waals surface area contributed by atoms with Crippen LogP contribution < -0.4 is 14.8 Å². The van der Waals surface area contributed by atoms with Crippen LogP contribution in [0.5, 0.6) is 5.75 Å². The van der Waals surface area contributed by atoms with Crippen molar-refractivity contribution in [2.24, 2.45) is 0 Å². The first kappa shape index (κ1) is 30.6. The average Bonchev–Trinajstić information content (AvgIpc) is 3.59. The molecule has 5 rings (SSSR count). The van der Waals surface area contributed by atoms with Crippen molar-refractivity contribution in [3.63, 3.8) is 0 Å². The number of aliphatic hydroxyl groups is 1. The number of hydrogen-bond acceptors (Lipinski definition) is 9. The second-order valence-corrected chi connectivity index (χ2v) is 14.5. The fourth-order valence-electron chi connectivity index (χ4n) is 5.48. The number of ether oxygens (including phenoxy) is 2. The third-order valence-corrected chi connectivity index (χ3v) is 11.3. The van der Waals surface area contributed by atoms with Gasteiger partial charge in [-0.2, -0.15) is 9.40 Å². The molecule has 3 aromatic rings. The molecule has 0 radical (unpaired) electrons. The summed E-state index contributed by atoms with van der Waals surface area (Å²) in [5.41, 5.74) is 0.965. The van der Waals surface area contributed by atoms with Crippen molar-refractivity contribution in [3.05, 3.63) is 66.5 Å². The van der Waals surface area contributed by atoms with E-state index in [4.69, 9.17) is 9.47 Å². The predicted molar refractivity (Wildman–Crippen MR) is 156 cm³/mol. The van der Waals surface area contributed by atoms with E-state index in [2.05, 4.69) is 15.1 Å². The monoisotopic (exact) mass is 619 g/mol. The van der Waals surface area contributed by atoms with Gasteiger partial charge in [0.15, 0.2) is 0 Å². The fourth-order valence-corrected chi connectivity index (χ4v) is 7.82. The van der Waals surface area contributed by atoms with Gasteiger partial charge in [-0.1, -0.05) is 24.3 Å². The number of sulfonamides is 2. The van der Waals surface area contributed by atoms with E-state index in [1.165, 1.54) is 29.7 Å². The molecule has 2 atom stereocenters. The van der Waals surface area contributed by atoms with Gasteiger partial charge >= 0.3 is 0 Å². The predicted octanol–water partition coefficient (Wildman–Crippen LogP) is 1.43. The van der Waals surface area contributed by atoms with Crippen molar-refractivity contribution in [2.45, 2.75) is 53.7 Å². The Bertz CT molecular complexity index is 1590. The molecule has 0 saturated carbocycles. The molecule has 1 unspecified atom stereocenters. The van der Waals surface area contributed by atoms with Gasteiger partial charge in [0.2, 0.25) is 20.0 Å². The van der Waals surface area contributed by atoms with Gasteiger partial charge in [-0.05, 0) is 57.5 Å². The lowest BCUT2D eigenvalue weighted by atomic mass is 9.88. The van der Waals surface area contributed by atoms with E-state index in [0.717, 1.165) is 5.69 Å². The molecule has 3 heterocycles. The van der Waals surface area contributed by atoms with E-state index in [-0.39, 0.29) is 29.0 Å². The molecule has 12 nitrogen and oxygen atoms in total. The van der Waals surface area contributed by atoms with Gasteiger partial charge in [0, 0.05) is 31.7 Å². The second-order valence-electron chi connectivity index (χ2n) is 10.7. The number of aromatic nitrogens is 2. The van der Waals surface area contributed by atoms with E-state index >= 15 is 0 Å². The smallest absolute Gasteiger partial charge is 0.246 e. The Morgan fingerprint density at radius 2 is 1.86 bits per heavy atom. The summed E-state index contributed by atoms with van der Waals surface area (Å²) in [5.74, 6) is 0.345. The van der Waals surface area contributed by atoms with E-state index in [9.17, 15) is 21.9 Å². The van der Waals surface area contributed by atoms with Crippen LogP contribution >= 0.6 is 0 Å². The second kappa shape index (κ2) is 12.4. The first-order valence-electron chi connectivity index (χ1n) is 13.8. The first-order chi connectivity index (χ1) is 20.0. The molecule has 2 saturated heterocycles. The average molecular weight is 620 g/mol. The number of nitrogens with one attached hydrogen (secondary N) is 2. The van der Waals surface area contributed by atoms with Crippen LogP contribution in [0.3, 0.4) is 0 Å². The molecule has 2 aromatic carbocycles. The van der Waals surface area contributed by atoms with E-state index < -0.39 is 31.8 Å². The van der Waals surface area contributed by atoms with Gasteiger partial charge in [-0.15, -0.1) is 0 Å². The molecule has 1 aromatic heterocycles. The number of hydrogen-bond donors (Lipinski definition) is 3. The summed E-state index contributed by atoms with van der Waals surface area (Å²) in [7, 11) is -5.96. The largest absolute Gasteiger partial charge is 0.491 e. The standard InChI is InChI=1S/C28H37N5O7S2/c1-21-27(18-31-33(21)23-7-4-3-5-8-23)42(37,38)32-13-11-28(12-14-32)16-22(19-40-28)30-17-24(34)20-39-25-9-6-10-26(15-25)41(35,36)29-2/h3-10,15,18,22,24,29-30,34H,11-14,16-17,19-20H2,1-2H3/t22-,24?/m0/s1. The molecule has 3 N–H and O–H groups in total. The zero-order valence-corrected chi connectivity index (χ0v) is 25.3. The van der Waals surface area contributed by atoms with Crippen molar-refractivity contribution in [1.29, 1.82) is 0 Å². The zero-order chi connectivity index (χ0) is 30.0. The summed E-state index contributed by atoms with van der Waals surface area (Å²) in [6.07, 6.45) is 2.47. The highest BCUT2D eigenvalue weighted by atomic mass is 32.2. The summed E-state index contributed by atoms with van der Waals surface area (Å²) in [4.78, 5) is 0.292. The first-order valence-corrected chi connectivity index (χ1v) is 16.8. The van der Waals surface area contributed by atoms with Crippen LogP contribution in [0.25, 0.3) is 5.69 Å². The number of piperidine rings is 1. The molecule has 2 aliphatic rings. The topological polar surface area (TPSA) is 152 Å². The molecule has 14 heteroatoms. The number of aliphatic hydroxyl groups excluding tert-OH is 1. The van der Waals surface area contributed by atoms with Crippen LogP contribution in [0.2, 0.25) is 0 Å². The van der Waals surface area contributed by atoms with Crippen LogP contribution in [0, 0.1) is 6.92 Å². The summed E-state index contributed by atoms with van der Waals surface area (Å²) in [5, 5.41) is 18.1. The number of nitrogens with zero attached hydrogens (tertiary/aromatic N) is 3. The maximum absolute atomic E-state index is 13.5. The Labute approximate surface area is 246 Å². The summed E-state index contributed by atoms with van der Waals surface area (Å²) < 4.78 is 68.2. The maximum atomic E-state index is 13.5. The zero-order valence-electron chi connectivity index (χ0n) is 23.6. The van der Waals surface area contributed by atoms with Crippen LogP contribution in [-0.2, 0) is 24.8 Å². The van der Waals surface area contributed by atoms with Crippen LogP contribution in [0.1, 0.15) is 25.0 Å². The highest BCUT2D eigenvalue weighted by Crippen LogP contribution is 2.37. The Balaban J connectivity index is 1.10. The molecule has 1 spiro atoms. The van der Waals surface area contributed by atoms with E-state index in [1.54, 1.807) is 23.7 Å². The van der Waals surface area contributed by atoms with E-state index in [0.29, 0.717) is 50.4 Å². The minimum Gasteiger partial charge on any atom is -0.491 e. The molecule has 0 amide bonds. The van der Waals surface area contributed by atoms with Gasteiger partial charge in [-0.3, -0.25) is 0 Å². The molecule has 0 aliphatic carbocycles.